The van der Waals surface area contributed by atoms with Gasteiger partial charge < -0.3 is 20.3 Å². The molecule has 0 bridgehead atoms. The van der Waals surface area contributed by atoms with E-state index >= 15 is 0 Å². The fourth-order valence-electron chi connectivity index (χ4n) is 4.81. The maximum atomic E-state index is 14.0. The number of anilines is 1. The number of fused-ring (bicyclic) bond motifs is 1. The van der Waals surface area contributed by atoms with Crippen LogP contribution in [0.5, 0.6) is 0 Å². The van der Waals surface area contributed by atoms with E-state index in [0.717, 1.165) is 38.5 Å². The highest BCUT2D eigenvalue weighted by molar-refractivity contribution is 14.0. The zero-order valence-corrected chi connectivity index (χ0v) is 18.4. The largest absolute Gasteiger partial charge is 0.377 e. The number of hydrogen-bond donors (Lipinski definition) is 2. The summed E-state index contributed by atoms with van der Waals surface area (Å²) in [5.41, 5.74) is 0.109. The van der Waals surface area contributed by atoms with E-state index in [2.05, 4.69) is 34.5 Å². The summed E-state index contributed by atoms with van der Waals surface area (Å²) >= 11 is 0. The maximum absolute atomic E-state index is 14.0. The van der Waals surface area contributed by atoms with Gasteiger partial charge in [0.15, 0.2) is 17.6 Å². The fourth-order valence-corrected chi connectivity index (χ4v) is 4.81. The first-order valence-electron chi connectivity index (χ1n) is 9.47. The third-order valence-corrected chi connectivity index (χ3v) is 6.18. The number of ether oxygens (including phenoxy) is 1. The Hall–Kier alpha value is -1.16. The zero-order valence-electron chi connectivity index (χ0n) is 16.1. The lowest BCUT2D eigenvalue weighted by Crippen LogP contribution is -2.68. The van der Waals surface area contributed by atoms with E-state index in [4.69, 9.17) is 4.74 Å². The number of nitrogens with one attached hydrogen (secondary N) is 2. The van der Waals surface area contributed by atoms with E-state index in [1.807, 2.05) is 4.90 Å². The molecule has 0 amide bonds. The van der Waals surface area contributed by atoms with Crippen molar-refractivity contribution in [1.82, 2.24) is 15.6 Å². The average Bonchev–Trinajstić information content (AvgIpc) is 3.27. The van der Waals surface area contributed by atoms with Gasteiger partial charge in [-0.1, -0.05) is 13.8 Å². The lowest BCUT2D eigenvalue weighted by molar-refractivity contribution is -0.106. The molecule has 2 N–H and O–H groups in total. The minimum absolute atomic E-state index is 0. The Labute approximate surface area is 177 Å². The molecule has 150 valence electrons. The van der Waals surface area contributed by atoms with E-state index in [1.165, 1.54) is 6.07 Å². The third kappa shape index (κ3) is 3.74. The molecule has 2 aliphatic heterocycles. The molecule has 1 aliphatic carbocycles. The molecule has 4 unspecified atom stereocenters. The fraction of sp³-hybridized carbons (Fsp3) is 0.684. The van der Waals surface area contributed by atoms with Gasteiger partial charge in [0.2, 0.25) is 0 Å². The molecule has 4 atom stereocenters. The molecule has 4 rings (SSSR count). The highest BCUT2D eigenvalue weighted by atomic mass is 127. The highest BCUT2D eigenvalue weighted by Gasteiger charge is 2.59. The van der Waals surface area contributed by atoms with E-state index < -0.39 is 0 Å². The van der Waals surface area contributed by atoms with Gasteiger partial charge in [-0.2, -0.15) is 0 Å². The van der Waals surface area contributed by atoms with E-state index in [-0.39, 0.29) is 41.3 Å². The van der Waals surface area contributed by atoms with Gasteiger partial charge in [-0.15, -0.1) is 24.0 Å². The van der Waals surface area contributed by atoms with Gasteiger partial charge in [-0.3, -0.25) is 4.99 Å². The Balaban J connectivity index is 0.00000210. The average molecular weight is 489 g/mol. The molecule has 0 aromatic carbocycles. The molecule has 3 heterocycles. The number of halogens is 2. The summed E-state index contributed by atoms with van der Waals surface area (Å²) in [5.74, 6) is 1.55. The van der Waals surface area contributed by atoms with Crippen molar-refractivity contribution in [3.05, 3.63) is 24.1 Å². The third-order valence-electron chi connectivity index (χ3n) is 6.18. The Kier molecular flexibility index (Phi) is 6.14. The molecule has 3 aliphatic rings. The van der Waals surface area contributed by atoms with Crippen LogP contribution in [0.1, 0.15) is 26.7 Å². The number of pyridine rings is 1. The van der Waals surface area contributed by atoms with E-state index in [9.17, 15) is 4.39 Å². The summed E-state index contributed by atoms with van der Waals surface area (Å²) in [6.45, 7) is 6.88. The number of nitrogens with zero attached hydrogens (tertiary/aromatic N) is 3. The first-order valence-corrected chi connectivity index (χ1v) is 9.47. The molecule has 6 nitrogen and oxygen atoms in total. The van der Waals surface area contributed by atoms with Crippen LogP contribution in [0.3, 0.4) is 0 Å². The van der Waals surface area contributed by atoms with Gasteiger partial charge >= 0.3 is 0 Å². The van der Waals surface area contributed by atoms with Crippen LogP contribution in [0.15, 0.2) is 23.3 Å². The van der Waals surface area contributed by atoms with Crippen LogP contribution in [0, 0.1) is 17.2 Å². The number of guanidine groups is 1. The second-order valence-corrected chi connectivity index (χ2v) is 8.14. The topological polar surface area (TPSA) is 61.8 Å². The van der Waals surface area contributed by atoms with Crippen molar-refractivity contribution in [2.75, 3.05) is 31.6 Å². The number of aliphatic imine (C=N–C) groups is 1. The number of hydrogen-bond acceptors (Lipinski definition) is 4. The molecule has 0 radical (unpaired) electrons. The second kappa shape index (κ2) is 8.06. The Morgan fingerprint density at radius 3 is 2.93 bits per heavy atom. The van der Waals surface area contributed by atoms with Crippen molar-refractivity contribution in [1.29, 1.82) is 0 Å². The van der Waals surface area contributed by atoms with Crippen LogP contribution in [-0.4, -0.2) is 55.9 Å². The summed E-state index contributed by atoms with van der Waals surface area (Å²) in [6.07, 6.45) is 4.03. The first kappa shape index (κ1) is 20.6. The predicted octanol–water partition coefficient (Wildman–Crippen LogP) is 2.40. The van der Waals surface area contributed by atoms with Crippen LogP contribution >= 0.6 is 24.0 Å². The predicted molar refractivity (Wildman–Crippen MR) is 115 cm³/mol. The Morgan fingerprint density at radius 1 is 1.37 bits per heavy atom. The first-order chi connectivity index (χ1) is 12.5. The van der Waals surface area contributed by atoms with Gasteiger partial charge in [0.1, 0.15) is 0 Å². The molecular weight excluding hydrogens is 460 g/mol. The summed E-state index contributed by atoms with van der Waals surface area (Å²) in [5, 5.41) is 7.12. The number of rotatable bonds is 3. The van der Waals surface area contributed by atoms with Crippen molar-refractivity contribution >= 4 is 35.8 Å². The van der Waals surface area contributed by atoms with Gasteiger partial charge in [0.05, 0.1) is 6.10 Å². The van der Waals surface area contributed by atoms with Crippen molar-refractivity contribution < 1.29 is 9.13 Å². The number of aromatic nitrogens is 1. The zero-order chi connectivity index (χ0) is 18.3. The normalized spacial score (nSPS) is 31.7. The SMILES string of the molecule is CN=C(NC1CCN(c2ncccc2F)C1)NC1C2CCOC2C1(C)C.I. The standard InChI is InChI=1S/C19H28FN5O.HI/c1-19(2)15(13-7-10-26-16(13)19)24-18(21-3)23-12-6-9-25(11-12)17-14(20)5-4-8-22-17;/h4-5,8,12-13,15-16H,6-7,9-11H2,1-3H3,(H2,21,23,24);1H. The molecule has 1 aromatic rings. The lowest BCUT2D eigenvalue weighted by atomic mass is 9.57. The van der Waals surface area contributed by atoms with Crippen molar-refractivity contribution in [3.8, 4) is 0 Å². The van der Waals surface area contributed by atoms with Crippen LogP contribution in [0.2, 0.25) is 0 Å². The Bertz CT molecular complexity index is 700. The van der Waals surface area contributed by atoms with Crippen LogP contribution in [0.25, 0.3) is 0 Å². The molecule has 3 fully saturated rings. The van der Waals surface area contributed by atoms with Gasteiger partial charge in [0, 0.05) is 56.4 Å². The Morgan fingerprint density at radius 2 is 2.19 bits per heavy atom. The smallest absolute Gasteiger partial charge is 0.191 e. The highest BCUT2D eigenvalue weighted by Crippen LogP contribution is 2.52. The van der Waals surface area contributed by atoms with Gasteiger partial charge in [0.25, 0.3) is 0 Å². The van der Waals surface area contributed by atoms with Crippen molar-refractivity contribution in [2.45, 2.75) is 44.9 Å². The second-order valence-electron chi connectivity index (χ2n) is 8.14. The summed E-state index contributed by atoms with van der Waals surface area (Å²) in [7, 11) is 1.80. The molecular formula is C19H29FIN5O. The summed E-state index contributed by atoms with van der Waals surface area (Å²) in [6, 6.07) is 3.67. The van der Waals surface area contributed by atoms with Gasteiger partial charge in [-0.05, 0) is 25.0 Å². The monoisotopic (exact) mass is 489 g/mol. The maximum Gasteiger partial charge on any atom is 0.191 e. The van der Waals surface area contributed by atoms with Crippen molar-refractivity contribution in [3.63, 3.8) is 0 Å². The van der Waals surface area contributed by atoms with E-state index in [0.29, 0.717) is 23.9 Å². The molecule has 1 aromatic heterocycles. The quantitative estimate of drug-likeness (QED) is 0.388. The minimum Gasteiger partial charge on any atom is -0.377 e. The van der Waals surface area contributed by atoms with E-state index in [1.54, 1.807) is 19.3 Å². The van der Waals surface area contributed by atoms with Crippen LogP contribution in [-0.2, 0) is 4.74 Å². The van der Waals surface area contributed by atoms with Gasteiger partial charge in [-0.25, -0.2) is 9.37 Å². The summed E-state index contributed by atoms with van der Waals surface area (Å²) < 4.78 is 19.8. The van der Waals surface area contributed by atoms with Crippen molar-refractivity contribution in [2.24, 2.45) is 16.3 Å². The molecule has 1 saturated carbocycles. The minimum atomic E-state index is -0.265. The lowest BCUT2D eigenvalue weighted by Gasteiger charge is -2.55. The summed E-state index contributed by atoms with van der Waals surface area (Å²) in [4.78, 5) is 10.6. The molecule has 8 heteroatoms. The van der Waals surface area contributed by atoms with Crippen LogP contribution in [0.4, 0.5) is 10.2 Å². The molecule has 2 saturated heterocycles. The van der Waals surface area contributed by atoms with Crippen LogP contribution < -0.4 is 15.5 Å². The molecule has 0 spiro atoms. The molecule has 27 heavy (non-hydrogen) atoms.